The van der Waals surface area contributed by atoms with E-state index in [1.165, 1.54) is 8.21 Å². The Morgan fingerprint density at radius 2 is 1.20 bits per heavy atom. The van der Waals surface area contributed by atoms with E-state index in [-0.39, 0.29) is 51.8 Å². The second-order valence-corrected chi connectivity index (χ2v) is 0. The molecule has 0 nitrogen and oxygen atoms in total. The summed E-state index contributed by atoms with van der Waals surface area (Å²) in [6.45, 7) is 0. The van der Waals surface area contributed by atoms with Crippen LogP contribution in [-0.4, -0.2) is 25.6 Å². The number of hydrogen-bond acceptors (Lipinski definition) is 0. The van der Waals surface area contributed by atoms with Crippen molar-refractivity contribution in [2.75, 3.05) is 0 Å². The molecule has 0 aromatic carbocycles. The van der Waals surface area contributed by atoms with Crippen molar-refractivity contribution >= 4 is 25.6 Å². The Hall–Kier alpha value is 2.49. The average molecular weight is 265 g/mol. The number of rotatable bonds is 0. The van der Waals surface area contributed by atoms with Crippen LogP contribution in [0.25, 0.3) is 0 Å². The van der Waals surface area contributed by atoms with Gasteiger partial charge in [0, 0.05) is 34.4 Å². The molecular formula is H6AlCrFeMoSi. The quantitative estimate of drug-likeness (QED) is 0.429. The van der Waals surface area contributed by atoms with Gasteiger partial charge in [0.15, 0.2) is 17.4 Å². The van der Waals surface area contributed by atoms with Crippen LogP contribution in [0.3, 0.4) is 0 Å². The van der Waals surface area contributed by atoms with Crippen molar-refractivity contribution in [3.63, 3.8) is 0 Å². The first-order valence-corrected chi connectivity index (χ1v) is 7.25. The summed E-state index contributed by atoms with van der Waals surface area (Å²) in [7, 11) is 1.32. The van der Waals surface area contributed by atoms with Gasteiger partial charge in [-0.25, -0.2) is 0 Å². The van der Waals surface area contributed by atoms with Gasteiger partial charge in [-0.15, -0.1) is 0 Å². The first-order valence-electron chi connectivity index (χ1n) is 0.408. The summed E-state index contributed by atoms with van der Waals surface area (Å²) < 4.78 is 0. The van der Waals surface area contributed by atoms with Crippen molar-refractivity contribution in [2.24, 2.45) is 0 Å². The van der Waals surface area contributed by atoms with Gasteiger partial charge in [-0.05, 0) is 0 Å². The molecule has 0 aliphatic carbocycles. The molecule has 5 heavy (non-hydrogen) atoms. The summed E-state index contributed by atoms with van der Waals surface area (Å²) >= 11 is 2.09. The van der Waals surface area contributed by atoms with E-state index in [0.29, 0.717) is 0 Å². The van der Waals surface area contributed by atoms with Crippen LogP contribution in [-0.2, 0) is 53.5 Å². The van der Waals surface area contributed by atoms with Crippen molar-refractivity contribution in [1.82, 2.24) is 0 Å². The fourth-order valence-corrected chi connectivity index (χ4v) is 0. The summed E-state index contributed by atoms with van der Waals surface area (Å²) in [5.74, 6) is 0. The number of hydrogen-bond donors (Lipinski definition) is 0. The van der Waals surface area contributed by atoms with Crippen molar-refractivity contribution in [1.29, 1.82) is 0 Å². The molecule has 0 aliphatic rings. The topological polar surface area (TPSA) is 0 Å². The molecule has 0 amide bonds. The Morgan fingerprint density at radius 1 is 1.20 bits per heavy atom. The molecule has 0 bridgehead atoms. The molecular weight excluding hydrogens is 259 g/mol. The molecule has 0 aromatic heterocycles. The summed E-state index contributed by atoms with van der Waals surface area (Å²) in [6, 6.07) is 0. The van der Waals surface area contributed by atoms with Gasteiger partial charge in [0.25, 0.3) is 0 Å². The fourth-order valence-electron chi connectivity index (χ4n) is 0. The van der Waals surface area contributed by atoms with Gasteiger partial charge in [0.05, 0.1) is 0 Å². The standard InChI is InChI=1S/Al.Cr.Fe.Mo.H3Si.3H/h;;;;1H3;;;. The molecule has 0 N–H and O–H groups in total. The van der Waals surface area contributed by atoms with Crippen LogP contribution < -0.4 is 0 Å². The van der Waals surface area contributed by atoms with E-state index in [9.17, 15) is 0 Å². The van der Waals surface area contributed by atoms with Gasteiger partial charge >= 0.3 is 27.3 Å². The Balaban J connectivity index is -0.00000000167. The third kappa shape index (κ3) is 21.1. The zero-order chi connectivity index (χ0) is 2.00. The minimum atomic E-state index is 0. The van der Waals surface area contributed by atoms with Crippen molar-refractivity contribution in [2.45, 2.75) is 0 Å². The first-order chi connectivity index (χ1) is 1.00. The molecule has 0 saturated carbocycles. The molecule has 0 saturated heterocycles. The molecule has 0 unspecified atom stereocenters. The normalized spacial score (nSPS) is 1.60. The Kier molecular flexibility index (Phi) is 163. The van der Waals surface area contributed by atoms with Crippen LogP contribution >= 0.6 is 0 Å². The summed E-state index contributed by atoms with van der Waals surface area (Å²) in [5.41, 5.74) is 0. The molecule has 33 valence electrons. The van der Waals surface area contributed by atoms with Crippen LogP contribution in [0.2, 0.25) is 0 Å². The van der Waals surface area contributed by atoms with E-state index in [1.54, 1.807) is 0 Å². The first kappa shape index (κ1) is 25.9. The molecule has 0 spiro atoms. The second kappa shape index (κ2) is 31.6. The van der Waals surface area contributed by atoms with E-state index in [0.717, 1.165) is 0 Å². The van der Waals surface area contributed by atoms with Crippen LogP contribution in [0.4, 0.5) is 0 Å². The second-order valence-electron chi connectivity index (χ2n) is 0. The van der Waals surface area contributed by atoms with Crippen LogP contribution in [0, 0.1) is 0 Å². The van der Waals surface area contributed by atoms with E-state index >= 15 is 0 Å². The Bertz CT molecular complexity index is 11.6. The molecule has 0 heterocycles. The third-order valence-electron chi connectivity index (χ3n) is 0. The van der Waals surface area contributed by atoms with Crippen molar-refractivity contribution in [3.05, 3.63) is 0 Å². The van der Waals surface area contributed by atoms with Crippen LogP contribution in [0.15, 0.2) is 0 Å². The zero-order valence-electron chi connectivity index (χ0n) is 2.17. The fraction of sp³-hybridized carbons (Fsp3) is 0. The third-order valence-corrected chi connectivity index (χ3v) is 0. The molecule has 0 atom stereocenters. The van der Waals surface area contributed by atoms with E-state index in [2.05, 4.69) is 19.1 Å². The summed E-state index contributed by atoms with van der Waals surface area (Å²) in [6.07, 6.45) is 0. The van der Waals surface area contributed by atoms with Gasteiger partial charge in [-0.3, -0.25) is 0 Å². The SMILES string of the molecule is [AlH3].[Cr].[Fe].[SiH3][Mo]. The van der Waals surface area contributed by atoms with Gasteiger partial charge in [0.2, 0.25) is 0 Å². The van der Waals surface area contributed by atoms with Crippen LogP contribution in [0.5, 0.6) is 0 Å². The van der Waals surface area contributed by atoms with Gasteiger partial charge in [0.1, 0.15) is 0 Å². The Labute approximate surface area is 78.1 Å². The van der Waals surface area contributed by atoms with E-state index in [1.807, 2.05) is 0 Å². The van der Waals surface area contributed by atoms with Gasteiger partial charge in [-0.2, -0.15) is 0 Å². The average Bonchev–Trinajstić information content (AvgIpc) is 1.00. The summed E-state index contributed by atoms with van der Waals surface area (Å²) in [5, 5.41) is 0. The minimum absolute atomic E-state index is 0. The van der Waals surface area contributed by atoms with E-state index < -0.39 is 0 Å². The van der Waals surface area contributed by atoms with Gasteiger partial charge < -0.3 is 0 Å². The molecule has 0 aromatic rings. The molecule has 0 aliphatic heterocycles. The molecule has 0 fully saturated rings. The predicted molar refractivity (Wildman–Crippen MR) is 19.9 cm³/mol. The Morgan fingerprint density at radius 3 is 1.20 bits per heavy atom. The maximum absolute atomic E-state index is 2.09. The molecule has 0 rings (SSSR count). The zero-order valence-corrected chi connectivity index (χ0v) is 8.56. The molecule has 0 radical (unpaired) electrons. The van der Waals surface area contributed by atoms with Gasteiger partial charge in [-0.1, -0.05) is 0 Å². The van der Waals surface area contributed by atoms with Crippen molar-refractivity contribution in [3.8, 4) is 0 Å². The van der Waals surface area contributed by atoms with Crippen LogP contribution in [0.1, 0.15) is 0 Å². The molecule has 5 heteroatoms. The van der Waals surface area contributed by atoms with E-state index in [4.69, 9.17) is 0 Å². The monoisotopic (exact) mass is 267 g/mol. The van der Waals surface area contributed by atoms with Crippen molar-refractivity contribution < 1.29 is 53.5 Å². The summed E-state index contributed by atoms with van der Waals surface area (Å²) in [4.78, 5) is 0. The maximum atomic E-state index is 2.09. The predicted octanol–water partition coefficient (Wildman–Crippen LogP) is -2.38.